The van der Waals surface area contributed by atoms with Crippen molar-refractivity contribution in [3.8, 4) is 0 Å². The highest BCUT2D eigenvalue weighted by molar-refractivity contribution is 6.04. The van der Waals surface area contributed by atoms with Crippen LogP contribution in [0.25, 0.3) is 0 Å². The number of carbonyl (C=O) groups is 2. The van der Waals surface area contributed by atoms with Crippen LogP contribution >= 0.6 is 0 Å². The van der Waals surface area contributed by atoms with Crippen molar-refractivity contribution in [2.75, 3.05) is 10.6 Å². The van der Waals surface area contributed by atoms with Gasteiger partial charge in [-0.05, 0) is 47.9 Å². The Balaban J connectivity index is 1.45. The third-order valence-electron chi connectivity index (χ3n) is 4.55. The van der Waals surface area contributed by atoms with E-state index in [4.69, 9.17) is 0 Å². The van der Waals surface area contributed by atoms with E-state index in [9.17, 15) is 22.8 Å². The van der Waals surface area contributed by atoms with Gasteiger partial charge in [0.05, 0.1) is 6.33 Å². The molecule has 1 aromatic heterocycles. The molecule has 4 rings (SSSR count). The normalized spacial score (nSPS) is 13.0. The molecule has 2 aromatic carbocycles. The minimum absolute atomic E-state index is 0.0511. The van der Waals surface area contributed by atoms with E-state index in [0.717, 1.165) is 17.7 Å². The summed E-state index contributed by atoms with van der Waals surface area (Å²) in [7, 11) is 0. The van der Waals surface area contributed by atoms with Crippen molar-refractivity contribution in [3.05, 3.63) is 77.0 Å². The first-order chi connectivity index (χ1) is 13.9. The zero-order valence-corrected chi connectivity index (χ0v) is 15.0. The van der Waals surface area contributed by atoms with Gasteiger partial charge < -0.3 is 15.2 Å². The van der Waals surface area contributed by atoms with Crippen molar-refractivity contribution in [2.45, 2.75) is 19.4 Å². The number of aryl methyl sites for hydroxylation is 1. The van der Waals surface area contributed by atoms with Crippen LogP contribution in [-0.2, 0) is 17.8 Å². The smallest absolute Gasteiger partial charge is 0.256 e. The number of amides is 2. The first-order valence-electron chi connectivity index (χ1n) is 8.78. The third-order valence-corrected chi connectivity index (χ3v) is 4.55. The minimum Gasteiger partial charge on any atom is -0.331 e. The zero-order valence-electron chi connectivity index (χ0n) is 15.0. The highest BCUT2D eigenvalue weighted by atomic mass is 19.2. The Kier molecular flexibility index (Phi) is 4.79. The molecule has 0 fully saturated rings. The molecular weight excluding hydrogens is 385 g/mol. The van der Waals surface area contributed by atoms with Crippen molar-refractivity contribution in [2.24, 2.45) is 0 Å². The molecule has 0 atom stereocenters. The van der Waals surface area contributed by atoms with Crippen molar-refractivity contribution < 1.29 is 22.8 Å². The second-order valence-corrected chi connectivity index (χ2v) is 6.68. The van der Waals surface area contributed by atoms with Crippen molar-refractivity contribution in [3.63, 3.8) is 0 Å². The van der Waals surface area contributed by atoms with E-state index in [2.05, 4.69) is 15.6 Å². The molecule has 29 heavy (non-hydrogen) atoms. The topological polar surface area (TPSA) is 76.0 Å². The molecule has 2 N–H and O–H groups in total. The number of halogens is 3. The first kappa shape index (κ1) is 18.7. The zero-order chi connectivity index (χ0) is 20.5. The van der Waals surface area contributed by atoms with Crippen LogP contribution in [0.4, 0.5) is 24.7 Å². The summed E-state index contributed by atoms with van der Waals surface area (Å²) in [6, 6.07) is 6.80. The number of aromatic nitrogens is 2. The second-order valence-electron chi connectivity index (χ2n) is 6.68. The van der Waals surface area contributed by atoms with Gasteiger partial charge in [0, 0.05) is 30.4 Å². The summed E-state index contributed by atoms with van der Waals surface area (Å²) in [5.41, 5.74) is 2.20. The summed E-state index contributed by atoms with van der Waals surface area (Å²) in [6.07, 6.45) is 3.81. The Morgan fingerprint density at radius 2 is 1.90 bits per heavy atom. The van der Waals surface area contributed by atoms with Gasteiger partial charge in [-0.3, -0.25) is 9.59 Å². The predicted molar refractivity (Wildman–Crippen MR) is 99.0 cm³/mol. The molecule has 1 aliphatic heterocycles. The molecule has 0 saturated carbocycles. The standard InChI is InChI=1S/C20H15F3N4O2/c21-14-5-11(6-15(22)19(14)23)8-27-9-17(24-10-27)26-20(29)13-1-3-16-12(7-13)2-4-18(28)25-16/h1,3,5-7,9-10H,2,4,8H2,(H,25,28)(H,26,29). The van der Waals surface area contributed by atoms with Crippen LogP contribution in [0, 0.1) is 17.5 Å². The van der Waals surface area contributed by atoms with E-state index < -0.39 is 17.5 Å². The van der Waals surface area contributed by atoms with Gasteiger partial charge in [0.2, 0.25) is 5.91 Å². The van der Waals surface area contributed by atoms with Gasteiger partial charge >= 0.3 is 0 Å². The van der Waals surface area contributed by atoms with Gasteiger partial charge in [-0.15, -0.1) is 0 Å². The van der Waals surface area contributed by atoms with Crippen molar-refractivity contribution in [1.82, 2.24) is 9.55 Å². The highest BCUT2D eigenvalue weighted by Gasteiger charge is 2.17. The largest absolute Gasteiger partial charge is 0.331 e. The molecule has 9 heteroatoms. The first-order valence-corrected chi connectivity index (χ1v) is 8.78. The Bertz CT molecular complexity index is 1100. The van der Waals surface area contributed by atoms with Crippen LogP contribution in [0.1, 0.15) is 27.9 Å². The number of anilines is 2. The maximum atomic E-state index is 13.3. The Morgan fingerprint density at radius 3 is 2.66 bits per heavy atom. The lowest BCUT2D eigenvalue weighted by atomic mass is 10.00. The van der Waals surface area contributed by atoms with Gasteiger partial charge in [0.1, 0.15) is 0 Å². The maximum absolute atomic E-state index is 13.3. The molecular formula is C20H15F3N4O2. The Hall–Kier alpha value is -3.62. The molecule has 1 aliphatic rings. The highest BCUT2D eigenvalue weighted by Crippen LogP contribution is 2.24. The van der Waals surface area contributed by atoms with Crippen LogP contribution < -0.4 is 10.6 Å². The lowest BCUT2D eigenvalue weighted by Crippen LogP contribution is -2.20. The summed E-state index contributed by atoms with van der Waals surface area (Å²) in [5, 5.41) is 5.40. The summed E-state index contributed by atoms with van der Waals surface area (Å²) in [4.78, 5) is 27.9. The molecule has 0 bridgehead atoms. The summed E-state index contributed by atoms with van der Waals surface area (Å²) >= 11 is 0. The lowest BCUT2D eigenvalue weighted by molar-refractivity contribution is -0.116. The number of imidazole rings is 1. The number of rotatable bonds is 4. The fourth-order valence-electron chi connectivity index (χ4n) is 3.13. The molecule has 0 spiro atoms. The van der Waals surface area contributed by atoms with E-state index in [1.54, 1.807) is 18.2 Å². The number of hydrogen-bond donors (Lipinski definition) is 2. The van der Waals surface area contributed by atoms with Crippen LogP contribution in [-0.4, -0.2) is 21.4 Å². The van der Waals surface area contributed by atoms with Crippen LogP contribution in [0.3, 0.4) is 0 Å². The van der Waals surface area contributed by atoms with Crippen LogP contribution in [0.5, 0.6) is 0 Å². The molecule has 6 nitrogen and oxygen atoms in total. The number of benzene rings is 2. The molecule has 0 unspecified atom stereocenters. The van der Waals surface area contributed by atoms with Gasteiger partial charge in [-0.1, -0.05) is 0 Å². The molecule has 2 heterocycles. The lowest BCUT2D eigenvalue weighted by Gasteiger charge is -2.17. The average Bonchev–Trinajstić information content (AvgIpc) is 3.12. The number of hydrogen-bond acceptors (Lipinski definition) is 3. The summed E-state index contributed by atoms with van der Waals surface area (Å²) in [6.45, 7) is 0.0511. The third kappa shape index (κ3) is 3.98. The van der Waals surface area contributed by atoms with E-state index in [1.807, 2.05) is 0 Å². The number of nitrogens with zero attached hydrogens (tertiary/aromatic N) is 2. The number of nitrogens with one attached hydrogen (secondary N) is 2. The maximum Gasteiger partial charge on any atom is 0.256 e. The fraction of sp³-hybridized carbons (Fsp3) is 0.150. The van der Waals surface area contributed by atoms with Gasteiger partial charge in [0.15, 0.2) is 23.3 Å². The monoisotopic (exact) mass is 400 g/mol. The molecule has 0 saturated heterocycles. The van der Waals surface area contributed by atoms with E-state index in [-0.39, 0.29) is 29.7 Å². The second kappa shape index (κ2) is 7.42. The van der Waals surface area contributed by atoms with Crippen molar-refractivity contribution >= 4 is 23.3 Å². The summed E-state index contributed by atoms with van der Waals surface area (Å²) in [5.74, 6) is -4.23. The molecule has 148 valence electrons. The molecule has 0 radical (unpaired) electrons. The average molecular weight is 400 g/mol. The Morgan fingerprint density at radius 1 is 1.14 bits per heavy atom. The predicted octanol–water partition coefficient (Wildman–Crippen LogP) is 3.49. The van der Waals surface area contributed by atoms with E-state index >= 15 is 0 Å². The number of fused-ring (bicyclic) bond motifs is 1. The molecule has 3 aromatic rings. The van der Waals surface area contributed by atoms with Crippen LogP contribution in [0.2, 0.25) is 0 Å². The van der Waals surface area contributed by atoms with E-state index in [1.165, 1.54) is 17.1 Å². The van der Waals surface area contributed by atoms with Crippen LogP contribution in [0.15, 0.2) is 42.9 Å². The molecule has 0 aliphatic carbocycles. The van der Waals surface area contributed by atoms with Crippen molar-refractivity contribution in [1.29, 1.82) is 0 Å². The quantitative estimate of drug-likeness (QED) is 0.659. The van der Waals surface area contributed by atoms with Gasteiger partial charge in [-0.2, -0.15) is 0 Å². The summed E-state index contributed by atoms with van der Waals surface area (Å²) < 4.78 is 41.2. The Labute approximate surface area is 163 Å². The minimum atomic E-state index is -1.52. The van der Waals surface area contributed by atoms with Gasteiger partial charge in [0.25, 0.3) is 5.91 Å². The van der Waals surface area contributed by atoms with Gasteiger partial charge in [-0.25, -0.2) is 18.2 Å². The number of carbonyl (C=O) groups excluding carboxylic acids is 2. The SMILES string of the molecule is O=C1CCc2cc(C(=O)Nc3cn(Cc4cc(F)c(F)c(F)c4)cn3)ccc2N1. The molecule has 2 amide bonds. The van der Waals surface area contributed by atoms with E-state index in [0.29, 0.717) is 24.1 Å². The fourth-order valence-corrected chi connectivity index (χ4v) is 3.13.